The first-order valence-electron chi connectivity index (χ1n) is 4.88. The van der Waals surface area contributed by atoms with Gasteiger partial charge in [-0.05, 0) is 12.1 Å². The Balaban J connectivity index is 1.91. The summed E-state index contributed by atoms with van der Waals surface area (Å²) in [7, 11) is 0. The Hall–Kier alpha value is -1.96. The van der Waals surface area contributed by atoms with Crippen molar-refractivity contribution < 1.29 is 13.6 Å². The molecule has 18 heavy (non-hydrogen) atoms. The molecule has 0 fully saturated rings. The topological polar surface area (TPSA) is 70.7 Å². The Morgan fingerprint density at radius 2 is 2.28 bits per heavy atom. The van der Waals surface area contributed by atoms with Crippen LogP contribution in [0.15, 0.2) is 29.4 Å². The molecular weight excluding hydrogens is 262 g/mol. The molecule has 5 nitrogen and oxygen atoms in total. The third kappa shape index (κ3) is 3.27. The number of anilines is 1. The molecular formula is C10H8F2N4OS. The van der Waals surface area contributed by atoms with Crippen LogP contribution in [0.5, 0.6) is 0 Å². The van der Waals surface area contributed by atoms with Gasteiger partial charge in [-0.2, -0.15) is 10.3 Å². The Labute approximate surface area is 105 Å². The van der Waals surface area contributed by atoms with Crippen LogP contribution in [0.4, 0.5) is 14.5 Å². The maximum Gasteiger partial charge on any atom is 0.234 e. The highest BCUT2D eigenvalue weighted by Gasteiger charge is 2.09. The first-order chi connectivity index (χ1) is 8.65. The normalized spacial score (nSPS) is 10.3. The molecule has 0 aliphatic rings. The number of benzene rings is 1. The van der Waals surface area contributed by atoms with Gasteiger partial charge in [0.15, 0.2) is 0 Å². The molecule has 0 spiro atoms. The van der Waals surface area contributed by atoms with Crippen molar-refractivity contribution in [2.45, 2.75) is 5.03 Å². The zero-order valence-electron chi connectivity index (χ0n) is 8.98. The van der Waals surface area contributed by atoms with Crippen molar-refractivity contribution in [1.82, 2.24) is 15.4 Å². The van der Waals surface area contributed by atoms with E-state index in [2.05, 4.69) is 20.7 Å². The number of nitrogens with zero attached hydrogens (tertiary/aromatic N) is 2. The summed E-state index contributed by atoms with van der Waals surface area (Å²) in [6.07, 6.45) is 1.47. The number of hydrogen-bond acceptors (Lipinski definition) is 4. The molecule has 8 heteroatoms. The van der Waals surface area contributed by atoms with Gasteiger partial charge in [-0.3, -0.25) is 4.79 Å². The zero-order chi connectivity index (χ0) is 13.0. The van der Waals surface area contributed by atoms with Crippen molar-refractivity contribution >= 4 is 23.4 Å². The van der Waals surface area contributed by atoms with E-state index in [9.17, 15) is 13.6 Å². The summed E-state index contributed by atoms with van der Waals surface area (Å²) in [5.74, 6) is -1.85. The SMILES string of the molecule is O=C(CSc1cn[nH]n1)Nc1ccc(F)cc1F. The lowest BCUT2D eigenvalue weighted by Gasteiger charge is -2.05. The minimum absolute atomic E-state index is 0.0536. The second-order valence-corrected chi connectivity index (χ2v) is 4.26. The standard InChI is InChI=1S/C10H8F2N4OS/c11-6-1-2-8(7(12)3-6)14-9(17)5-18-10-4-13-16-15-10/h1-4H,5H2,(H,14,17)(H,13,15,16). The Morgan fingerprint density at radius 1 is 1.44 bits per heavy atom. The third-order valence-corrected chi connectivity index (χ3v) is 2.85. The van der Waals surface area contributed by atoms with Gasteiger partial charge in [0.25, 0.3) is 0 Å². The molecule has 0 atom stereocenters. The maximum atomic E-state index is 13.2. The van der Waals surface area contributed by atoms with Crippen LogP contribution in [0.25, 0.3) is 0 Å². The van der Waals surface area contributed by atoms with Gasteiger partial charge in [-0.15, -0.1) is 5.10 Å². The van der Waals surface area contributed by atoms with E-state index in [1.54, 1.807) is 0 Å². The summed E-state index contributed by atoms with van der Waals surface area (Å²) in [5, 5.41) is 12.6. The average Bonchev–Trinajstić information content (AvgIpc) is 2.83. The molecule has 1 aromatic carbocycles. The molecule has 1 amide bonds. The van der Waals surface area contributed by atoms with Gasteiger partial charge in [0.1, 0.15) is 16.7 Å². The van der Waals surface area contributed by atoms with E-state index in [1.807, 2.05) is 0 Å². The molecule has 94 valence electrons. The number of aromatic amines is 1. The van der Waals surface area contributed by atoms with Gasteiger partial charge in [0.2, 0.25) is 5.91 Å². The highest BCUT2D eigenvalue weighted by molar-refractivity contribution is 7.99. The molecule has 0 bridgehead atoms. The molecule has 0 aliphatic heterocycles. The number of thioether (sulfide) groups is 1. The molecule has 1 heterocycles. The molecule has 0 aliphatic carbocycles. The fourth-order valence-corrected chi connectivity index (χ4v) is 1.76. The molecule has 2 rings (SSSR count). The summed E-state index contributed by atoms with van der Waals surface area (Å²) in [6.45, 7) is 0. The number of hydrogen-bond donors (Lipinski definition) is 2. The second-order valence-electron chi connectivity index (χ2n) is 3.27. The number of nitrogens with one attached hydrogen (secondary N) is 2. The minimum Gasteiger partial charge on any atom is -0.323 e. The summed E-state index contributed by atoms with van der Waals surface area (Å²) >= 11 is 1.15. The summed E-state index contributed by atoms with van der Waals surface area (Å²) in [6, 6.07) is 2.95. The van der Waals surface area contributed by atoms with Crippen molar-refractivity contribution in [3.63, 3.8) is 0 Å². The van der Waals surface area contributed by atoms with Crippen LogP contribution in [0, 0.1) is 11.6 Å². The predicted molar refractivity (Wildman–Crippen MR) is 62.1 cm³/mol. The first-order valence-corrected chi connectivity index (χ1v) is 5.87. The number of carbonyl (C=O) groups is 1. The number of H-pyrrole nitrogens is 1. The summed E-state index contributed by atoms with van der Waals surface area (Å²) in [5.41, 5.74) is -0.0536. The van der Waals surface area contributed by atoms with Crippen molar-refractivity contribution in [2.75, 3.05) is 11.1 Å². The largest absolute Gasteiger partial charge is 0.323 e. The fraction of sp³-hybridized carbons (Fsp3) is 0.100. The van der Waals surface area contributed by atoms with Gasteiger partial charge in [-0.1, -0.05) is 11.8 Å². The lowest BCUT2D eigenvalue weighted by atomic mass is 10.3. The maximum absolute atomic E-state index is 13.2. The number of carbonyl (C=O) groups excluding carboxylic acids is 1. The fourth-order valence-electron chi connectivity index (χ4n) is 1.18. The number of amides is 1. The van der Waals surface area contributed by atoms with Crippen LogP contribution < -0.4 is 5.32 Å². The number of rotatable bonds is 4. The van der Waals surface area contributed by atoms with Gasteiger partial charge >= 0.3 is 0 Å². The van der Waals surface area contributed by atoms with Crippen LogP contribution >= 0.6 is 11.8 Å². The van der Waals surface area contributed by atoms with E-state index in [4.69, 9.17) is 0 Å². The highest BCUT2D eigenvalue weighted by atomic mass is 32.2. The van der Waals surface area contributed by atoms with Crippen LogP contribution in [0.1, 0.15) is 0 Å². The van der Waals surface area contributed by atoms with Gasteiger partial charge in [0.05, 0.1) is 17.6 Å². The van der Waals surface area contributed by atoms with Crippen LogP contribution in [0.2, 0.25) is 0 Å². The third-order valence-electron chi connectivity index (χ3n) is 1.95. The smallest absolute Gasteiger partial charge is 0.234 e. The van der Waals surface area contributed by atoms with E-state index in [1.165, 1.54) is 12.3 Å². The molecule has 0 radical (unpaired) electrons. The zero-order valence-corrected chi connectivity index (χ0v) is 9.80. The number of halogens is 2. The van der Waals surface area contributed by atoms with Gasteiger partial charge in [-0.25, -0.2) is 8.78 Å². The molecule has 2 aromatic rings. The van der Waals surface area contributed by atoms with Crippen molar-refractivity contribution in [1.29, 1.82) is 0 Å². The van der Waals surface area contributed by atoms with Crippen LogP contribution in [0.3, 0.4) is 0 Å². The summed E-state index contributed by atoms with van der Waals surface area (Å²) in [4.78, 5) is 11.5. The monoisotopic (exact) mass is 270 g/mol. The van der Waals surface area contributed by atoms with E-state index in [0.29, 0.717) is 11.1 Å². The quantitative estimate of drug-likeness (QED) is 0.831. The molecule has 2 N–H and O–H groups in total. The van der Waals surface area contributed by atoms with E-state index >= 15 is 0 Å². The predicted octanol–water partition coefficient (Wildman–Crippen LogP) is 1.81. The van der Waals surface area contributed by atoms with E-state index in [-0.39, 0.29) is 11.4 Å². The van der Waals surface area contributed by atoms with Crippen molar-refractivity contribution in [2.24, 2.45) is 0 Å². The highest BCUT2D eigenvalue weighted by Crippen LogP contribution is 2.17. The number of aromatic nitrogens is 3. The van der Waals surface area contributed by atoms with Gasteiger partial charge < -0.3 is 5.32 Å². The molecule has 0 unspecified atom stereocenters. The Kier molecular flexibility index (Phi) is 3.88. The van der Waals surface area contributed by atoms with Gasteiger partial charge in [0, 0.05) is 6.07 Å². The van der Waals surface area contributed by atoms with E-state index in [0.717, 1.165) is 17.8 Å². The van der Waals surface area contributed by atoms with Crippen molar-refractivity contribution in [3.05, 3.63) is 36.0 Å². The molecule has 0 saturated heterocycles. The Morgan fingerprint density at radius 3 is 2.94 bits per heavy atom. The average molecular weight is 270 g/mol. The second kappa shape index (κ2) is 5.58. The minimum atomic E-state index is -0.810. The van der Waals surface area contributed by atoms with Crippen LogP contribution in [-0.4, -0.2) is 27.1 Å². The van der Waals surface area contributed by atoms with E-state index < -0.39 is 17.5 Å². The Bertz CT molecular complexity index is 547. The lowest BCUT2D eigenvalue weighted by molar-refractivity contribution is -0.113. The molecule has 1 aromatic heterocycles. The van der Waals surface area contributed by atoms with Crippen LogP contribution in [-0.2, 0) is 4.79 Å². The molecule has 0 saturated carbocycles. The summed E-state index contributed by atoms with van der Waals surface area (Å²) < 4.78 is 25.9. The lowest BCUT2D eigenvalue weighted by Crippen LogP contribution is -2.15. The first kappa shape index (κ1) is 12.5. The van der Waals surface area contributed by atoms with Crippen molar-refractivity contribution in [3.8, 4) is 0 Å².